The van der Waals surface area contributed by atoms with E-state index in [-0.39, 0.29) is 5.78 Å². The average molecular weight is 324 g/mol. The van der Waals surface area contributed by atoms with Crippen LogP contribution in [0.2, 0.25) is 0 Å². The van der Waals surface area contributed by atoms with Crippen molar-refractivity contribution in [3.63, 3.8) is 0 Å². The topological polar surface area (TPSA) is 26.3 Å². The number of Topliss-reactive ketones (excluding diaryl/α,β-unsaturated/α-hetero) is 1. The normalized spacial score (nSPS) is 14.5. The predicted octanol–water partition coefficient (Wildman–Crippen LogP) is 6.15. The van der Waals surface area contributed by atoms with E-state index in [1.54, 1.807) is 14.0 Å². The molecule has 2 heteroatoms. The molecule has 2 aromatic rings. The lowest BCUT2D eigenvalue weighted by molar-refractivity contribution is 0.101. The fourth-order valence-corrected chi connectivity index (χ4v) is 2.99. The van der Waals surface area contributed by atoms with E-state index >= 15 is 0 Å². The number of carbonyl (C=O) groups excluding carboxylic acids is 1. The monoisotopic (exact) mass is 324 g/mol. The van der Waals surface area contributed by atoms with Gasteiger partial charge in [-0.1, -0.05) is 75.4 Å². The molecule has 3 rings (SSSR count). The smallest absolute Gasteiger partial charge is 0.159 e. The first-order valence-corrected chi connectivity index (χ1v) is 8.85. The van der Waals surface area contributed by atoms with Crippen LogP contribution in [0.5, 0.6) is 5.75 Å². The second-order valence-corrected chi connectivity index (χ2v) is 6.61. The van der Waals surface area contributed by atoms with E-state index in [9.17, 15) is 4.79 Å². The van der Waals surface area contributed by atoms with Gasteiger partial charge in [0.25, 0.3) is 0 Å². The number of carbonyl (C=O) groups is 1. The van der Waals surface area contributed by atoms with Crippen molar-refractivity contribution in [1.29, 1.82) is 0 Å². The molecule has 0 aromatic heterocycles. The largest absolute Gasteiger partial charge is 0.497 e. The van der Waals surface area contributed by atoms with Crippen molar-refractivity contribution in [2.45, 2.75) is 46.0 Å². The molecule has 0 bridgehead atoms. The minimum Gasteiger partial charge on any atom is -0.497 e. The molecule has 2 aromatic carbocycles. The Morgan fingerprint density at radius 3 is 1.75 bits per heavy atom. The molecule has 0 N–H and O–H groups in total. The van der Waals surface area contributed by atoms with E-state index in [2.05, 4.69) is 6.92 Å². The first-order chi connectivity index (χ1) is 11.6. The molecule has 0 spiro atoms. The second kappa shape index (κ2) is 9.27. The SMILES string of the molecule is CC1CCCCC1.COc1ccc(-c2ccc(C(C)=O)cc2)cc1. The van der Waals surface area contributed by atoms with E-state index in [1.807, 2.05) is 48.5 Å². The summed E-state index contributed by atoms with van der Waals surface area (Å²) in [6.45, 7) is 3.93. The Hall–Kier alpha value is -2.09. The zero-order chi connectivity index (χ0) is 17.4. The van der Waals surface area contributed by atoms with Gasteiger partial charge in [0.1, 0.15) is 5.75 Å². The van der Waals surface area contributed by atoms with Gasteiger partial charge in [-0.2, -0.15) is 0 Å². The highest BCUT2D eigenvalue weighted by Crippen LogP contribution is 2.23. The van der Waals surface area contributed by atoms with Crippen LogP contribution in [0, 0.1) is 5.92 Å². The standard InChI is InChI=1S/C15H14O2.C7H14/c1-11(16)12-3-5-13(6-4-12)14-7-9-15(17-2)10-8-14;1-7-5-3-2-4-6-7/h3-10H,1-2H3;7H,2-6H2,1H3. The van der Waals surface area contributed by atoms with Crippen LogP contribution in [0.25, 0.3) is 11.1 Å². The summed E-state index contributed by atoms with van der Waals surface area (Å²) in [6.07, 6.45) is 7.44. The molecule has 2 nitrogen and oxygen atoms in total. The zero-order valence-electron chi connectivity index (χ0n) is 15.0. The molecular formula is C22H28O2. The van der Waals surface area contributed by atoms with Crippen molar-refractivity contribution < 1.29 is 9.53 Å². The van der Waals surface area contributed by atoms with Gasteiger partial charge in [-0.25, -0.2) is 0 Å². The van der Waals surface area contributed by atoms with Crippen LogP contribution in [-0.4, -0.2) is 12.9 Å². The third-order valence-corrected chi connectivity index (χ3v) is 4.61. The Morgan fingerprint density at radius 1 is 0.875 bits per heavy atom. The molecule has 0 atom stereocenters. The van der Waals surface area contributed by atoms with Gasteiger partial charge in [0.05, 0.1) is 7.11 Å². The van der Waals surface area contributed by atoms with Crippen LogP contribution in [0.3, 0.4) is 0 Å². The molecule has 0 amide bonds. The van der Waals surface area contributed by atoms with Crippen molar-refractivity contribution in [3.8, 4) is 16.9 Å². The summed E-state index contributed by atoms with van der Waals surface area (Å²) < 4.78 is 5.11. The molecule has 1 aliphatic carbocycles. The number of hydrogen-bond donors (Lipinski definition) is 0. The van der Waals surface area contributed by atoms with Crippen LogP contribution in [0.15, 0.2) is 48.5 Å². The zero-order valence-corrected chi connectivity index (χ0v) is 15.0. The third kappa shape index (κ3) is 5.52. The highest BCUT2D eigenvalue weighted by Gasteiger charge is 2.06. The molecule has 0 saturated heterocycles. The van der Waals surface area contributed by atoms with Crippen LogP contribution < -0.4 is 4.74 Å². The number of ketones is 1. The van der Waals surface area contributed by atoms with Gasteiger partial charge in [0.2, 0.25) is 0 Å². The first kappa shape index (κ1) is 18.3. The number of ether oxygens (including phenoxy) is 1. The number of methoxy groups -OCH3 is 1. The maximum absolute atomic E-state index is 11.2. The molecule has 1 saturated carbocycles. The Bertz CT molecular complexity index is 620. The lowest BCUT2D eigenvalue weighted by atomic mass is 9.91. The summed E-state index contributed by atoms with van der Waals surface area (Å²) in [6, 6.07) is 15.5. The summed E-state index contributed by atoms with van der Waals surface area (Å²) in [4.78, 5) is 11.2. The fraction of sp³-hybridized carbons (Fsp3) is 0.409. The minimum absolute atomic E-state index is 0.0891. The molecule has 0 unspecified atom stereocenters. The lowest BCUT2D eigenvalue weighted by Gasteiger charge is -2.15. The summed E-state index contributed by atoms with van der Waals surface area (Å²) in [5.41, 5.74) is 2.95. The van der Waals surface area contributed by atoms with Gasteiger partial charge in [-0.15, -0.1) is 0 Å². The molecule has 0 aliphatic heterocycles. The lowest BCUT2D eigenvalue weighted by Crippen LogP contribution is -1.99. The van der Waals surface area contributed by atoms with Crippen molar-refractivity contribution in [3.05, 3.63) is 54.1 Å². The van der Waals surface area contributed by atoms with Gasteiger partial charge in [-0.3, -0.25) is 4.79 Å². The van der Waals surface area contributed by atoms with Crippen LogP contribution >= 0.6 is 0 Å². The van der Waals surface area contributed by atoms with Gasteiger partial charge in [-0.05, 0) is 36.1 Å². The van der Waals surface area contributed by atoms with Crippen molar-refractivity contribution in [1.82, 2.24) is 0 Å². The highest BCUT2D eigenvalue weighted by atomic mass is 16.5. The van der Waals surface area contributed by atoms with Crippen molar-refractivity contribution in [2.75, 3.05) is 7.11 Å². The molecule has 0 heterocycles. The van der Waals surface area contributed by atoms with Gasteiger partial charge >= 0.3 is 0 Å². The van der Waals surface area contributed by atoms with E-state index in [0.29, 0.717) is 0 Å². The van der Waals surface area contributed by atoms with Crippen molar-refractivity contribution >= 4 is 5.78 Å². The average Bonchev–Trinajstić information content (AvgIpc) is 2.63. The molecule has 1 aliphatic rings. The van der Waals surface area contributed by atoms with Gasteiger partial charge in [0, 0.05) is 5.56 Å². The van der Waals surface area contributed by atoms with E-state index in [1.165, 1.54) is 32.1 Å². The summed E-state index contributed by atoms with van der Waals surface area (Å²) in [5.74, 6) is 1.97. The van der Waals surface area contributed by atoms with E-state index in [4.69, 9.17) is 4.74 Å². The quantitative estimate of drug-likeness (QED) is 0.633. The third-order valence-electron chi connectivity index (χ3n) is 4.61. The Balaban J connectivity index is 0.000000249. The number of rotatable bonds is 3. The predicted molar refractivity (Wildman–Crippen MR) is 101 cm³/mol. The fourth-order valence-electron chi connectivity index (χ4n) is 2.99. The van der Waals surface area contributed by atoms with Gasteiger partial charge < -0.3 is 4.74 Å². The first-order valence-electron chi connectivity index (χ1n) is 8.85. The van der Waals surface area contributed by atoms with Crippen LogP contribution in [-0.2, 0) is 0 Å². The molecule has 0 radical (unpaired) electrons. The Morgan fingerprint density at radius 2 is 1.38 bits per heavy atom. The second-order valence-electron chi connectivity index (χ2n) is 6.61. The molecular weight excluding hydrogens is 296 g/mol. The highest BCUT2D eigenvalue weighted by molar-refractivity contribution is 5.94. The molecule has 24 heavy (non-hydrogen) atoms. The van der Waals surface area contributed by atoms with Gasteiger partial charge in [0.15, 0.2) is 5.78 Å². The Labute approximate surface area is 145 Å². The Kier molecular flexibility index (Phi) is 7.05. The summed E-state index contributed by atoms with van der Waals surface area (Å²) >= 11 is 0. The van der Waals surface area contributed by atoms with E-state index < -0.39 is 0 Å². The molecule has 1 fully saturated rings. The number of benzene rings is 2. The maximum atomic E-state index is 11.2. The van der Waals surface area contributed by atoms with Crippen LogP contribution in [0.4, 0.5) is 0 Å². The molecule has 128 valence electrons. The number of hydrogen-bond acceptors (Lipinski definition) is 2. The van der Waals surface area contributed by atoms with Crippen molar-refractivity contribution in [2.24, 2.45) is 5.92 Å². The summed E-state index contributed by atoms with van der Waals surface area (Å²) in [5, 5.41) is 0. The minimum atomic E-state index is 0.0891. The van der Waals surface area contributed by atoms with Crippen LogP contribution in [0.1, 0.15) is 56.3 Å². The maximum Gasteiger partial charge on any atom is 0.159 e. The van der Waals surface area contributed by atoms with E-state index in [0.717, 1.165) is 28.4 Å². The summed E-state index contributed by atoms with van der Waals surface area (Å²) in [7, 11) is 1.65.